The fourth-order valence-electron chi connectivity index (χ4n) is 3.59. The highest BCUT2D eigenvalue weighted by Crippen LogP contribution is 2.22. The van der Waals surface area contributed by atoms with Crippen LogP contribution in [-0.2, 0) is 14.3 Å². The highest BCUT2D eigenvalue weighted by molar-refractivity contribution is 5.94. The summed E-state index contributed by atoms with van der Waals surface area (Å²) in [6.07, 6.45) is -7.85. The van der Waals surface area contributed by atoms with Crippen LogP contribution in [0.15, 0.2) is 0 Å². The molecule has 0 saturated carbocycles. The van der Waals surface area contributed by atoms with Crippen molar-refractivity contribution in [1.82, 2.24) is 5.32 Å². The summed E-state index contributed by atoms with van der Waals surface area (Å²) in [6.45, 7) is 2.49. The Balaban J connectivity index is -0.0000000546. The van der Waals surface area contributed by atoms with Crippen LogP contribution in [0.4, 0.5) is 0 Å². The molecular weight excluding hydrogens is 626 g/mol. The molecule has 1 heterocycles. The van der Waals surface area contributed by atoms with E-state index in [0.717, 1.165) is 12.8 Å². The maximum atomic E-state index is 12.5. The largest absolute Gasteiger partial charge is 0.394 e. The molecule has 1 saturated heterocycles. The zero-order valence-corrected chi connectivity index (χ0v) is 26.8. The SMILES string of the molecule is CC#CC#CC#CC#CC#CC#CC#CC#CC#CC#CC#CC(=O)N[C@@H](COC1OC(CO)C(O)C(O)C1O)[C@H](O)[C@H](O)CCCCC.[HH].[HH].[HH].[HH].[HH].[HH].[HH].[HH].[HH].[HH].[HH].[HH].[HH].[HH].[HH].[HH].[HH].[HH].[HH].[HH].[HH].[HH]. The van der Waals surface area contributed by atoms with Crippen molar-refractivity contribution in [3.63, 3.8) is 0 Å². The molecule has 0 spiro atoms. The van der Waals surface area contributed by atoms with E-state index in [0.29, 0.717) is 6.42 Å². The van der Waals surface area contributed by atoms with E-state index in [1.54, 1.807) is 6.92 Å². The second-order valence-electron chi connectivity index (χ2n) is 9.54. The normalized spacial score (nSPS) is 19.4. The van der Waals surface area contributed by atoms with Gasteiger partial charge in [-0.25, -0.2) is 0 Å². The number of nitrogens with one attached hydrogen (secondary N) is 1. The zero-order valence-electron chi connectivity index (χ0n) is 26.8. The smallest absolute Gasteiger partial charge is 0.297 e. The molecule has 1 rings (SSSR count). The first-order valence-corrected chi connectivity index (χ1v) is 14.8. The monoisotopic (exact) mass is 704 g/mol. The lowest BCUT2D eigenvalue weighted by atomic mass is 9.99. The fourth-order valence-corrected chi connectivity index (χ4v) is 3.59. The van der Waals surface area contributed by atoms with Crippen LogP contribution in [0.2, 0.25) is 0 Å². The van der Waals surface area contributed by atoms with Crippen molar-refractivity contribution < 1.29 is 76.3 Å². The van der Waals surface area contributed by atoms with Gasteiger partial charge in [0.25, 0.3) is 5.91 Å². The van der Waals surface area contributed by atoms with Gasteiger partial charge >= 0.3 is 0 Å². The summed E-state index contributed by atoms with van der Waals surface area (Å²) in [6, 6.07) is -1.22. The second kappa shape index (κ2) is 26.4. The summed E-state index contributed by atoms with van der Waals surface area (Å²) in [7, 11) is 0. The Bertz CT molecular complexity index is 1900. The van der Waals surface area contributed by atoms with Crippen LogP contribution in [0, 0.1) is 130 Å². The number of unbranched alkanes of at least 4 members (excludes halogenated alkanes) is 2. The lowest BCUT2D eigenvalue weighted by Gasteiger charge is -2.40. The molecule has 49 heavy (non-hydrogen) atoms. The molecule has 10 nitrogen and oxygen atoms in total. The van der Waals surface area contributed by atoms with Gasteiger partial charge in [-0.2, -0.15) is 0 Å². The van der Waals surface area contributed by atoms with E-state index >= 15 is 0 Å². The van der Waals surface area contributed by atoms with Crippen molar-refractivity contribution >= 4 is 5.91 Å². The molecule has 0 bridgehead atoms. The van der Waals surface area contributed by atoms with E-state index < -0.39 is 68.1 Å². The number of aliphatic hydroxyl groups is 6. The Morgan fingerprint density at radius 3 is 1.65 bits per heavy atom. The Kier molecular flexibility index (Phi) is 22.3. The molecule has 0 aromatic carbocycles. The maximum Gasteiger partial charge on any atom is 0.297 e. The quantitative estimate of drug-likeness (QED) is 0.126. The third-order valence-electron chi connectivity index (χ3n) is 6.00. The summed E-state index contributed by atoms with van der Waals surface area (Å²) in [5.74, 6) is 53.0. The van der Waals surface area contributed by atoms with Crippen molar-refractivity contribution in [1.29, 1.82) is 0 Å². The number of hydrogen-bond donors (Lipinski definition) is 7. The predicted octanol–water partition coefficient (Wildman–Crippen LogP) is 3.06. The topological polar surface area (TPSA) is 169 Å². The minimum absolute atomic E-state index is 0. The molecule has 1 aliphatic rings. The predicted molar refractivity (Wildman–Crippen MR) is 226 cm³/mol. The number of hydrogen-bond acceptors (Lipinski definition) is 9. The zero-order chi connectivity index (χ0) is 36.1. The van der Waals surface area contributed by atoms with Crippen molar-refractivity contribution in [2.45, 2.75) is 88.5 Å². The van der Waals surface area contributed by atoms with E-state index in [1.165, 1.54) is 0 Å². The van der Waals surface area contributed by atoms with Gasteiger partial charge < -0.3 is 45.4 Å². The standard InChI is InChI=1S/C39H33NO9.22H2/c1-3-5-7-8-9-10-11-12-13-14-15-16-17-18-19-20-21-22-23-24-26-28-34(43)40-31(35(44)32(42)27-25-6-4-2)30-48-39-38(47)37(46)36(45)33(29-41)49-39;;;;;;;;;;;;;;;;;;;;;;/h31-33,35-39,41-42,44-47H,4,6,25,27,29-30H2,1-2H3,(H,40,43);22*1H/t31-,32+,33?,35-,36?,37?,38?,39?;;;;;;;;;;;;;;;;;;;;;;/m0....................../s1. The molecule has 8 atom stereocenters. The molecule has 1 aliphatic heterocycles. The van der Waals surface area contributed by atoms with Gasteiger partial charge in [0.05, 0.1) is 25.4 Å². The van der Waals surface area contributed by atoms with Crippen LogP contribution < -0.4 is 5.32 Å². The Morgan fingerprint density at radius 2 is 1.20 bits per heavy atom. The molecule has 0 aromatic rings. The van der Waals surface area contributed by atoms with E-state index in [9.17, 15) is 35.4 Å². The average molecular weight is 704 g/mol. The van der Waals surface area contributed by atoms with Crippen LogP contribution >= 0.6 is 0 Å². The van der Waals surface area contributed by atoms with Gasteiger partial charge in [0, 0.05) is 61.0 Å². The number of ether oxygens (including phenoxy) is 2. The van der Waals surface area contributed by atoms with Gasteiger partial charge in [-0.05, 0) is 108 Å². The number of rotatable bonds is 11. The summed E-state index contributed by atoms with van der Waals surface area (Å²) in [4.78, 5) is 12.5. The van der Waals surface area contributed by atoms with E-state index in [2.05, 4.69) is 136 Å². The lowest BCUT2D eigenvalue weighted by Crippen LogP contribution is -2.60. The molecule has 0 radical (unpaired) electrons. The van der Waals surface area contributed by atoms with Gasteiger partial charge in [0.1, 0.15) is 30.5 Å². The average Bonchev–Trinajstić information content (AvgIpc) is 3.10. The number of carbonyl (C=O) groups excluding carboxylic acids is 1. The van der Waals surface area contributed by atoms with Crippen molar-refractivity contribution in [3.05, 3.63) is 0 Å². The first-order chi connectivity index (χ1) is 23.8. The maximum absolute atomic E-state index is 12.5. The van der Waals surface area contributed by atoms with Gasteiger partial charge in [-0.1, -0.05) is 32.1 Å². The van der Waals surface area contributed by atoms with E-state index in [-0.39, 0.29) is 37.8 Å². The van der Waals surface area contributed by atoms with Gasteiger partial charge in [0.15, 0.2) is 6.29 Å². The summed E-state index contributed by atoms with van der Waals surface area (Å²) in [5.41, 5.74) is 0. The highest BCUT2D eigenvalue weighted by atomic mass is 16.7. The lowest BCUT2D eigenvalue weighted by molar-refractivity contribution is -0.303. The first-order valence-electron chi connectivity index (χ1n) is 14.8. The Labute approximate surface area is 320 Å². The minimum atomic E-state index is -1.70. The van der Waals surface area contributed by atoms with Crippen molar-refractivity contribution in [3.8, 4) is 130 Å². The van der Waals surface area contributed by atoms with Gasteiger partial charge in [-0.15, -0.1) is 0 Å². The minimum Gasteiger partial charge on any atom is -0.394 e. The highest BCUT2D eigenvalue weighted by Gasteiger charge is 2.44. The fraction of sp³-hybridized carbons (Fsp3) is 0.410. The molecule has 7 N–H and O–H groups in total. The first kappa shape index (κ1) is 41.3. The summed E-state index contributed by atoms with van der Waals surface area (Å²) < 4.78 is 10.8. The summed E-state index contributed by atoms with van der Waals surface area (Å²) in [5, 5.41) is 63.2. The number of aliphatic hydroxyl groups excluding tert-OH is 6. The van der Waals surface area contributed by atoms with Gasteiger partial charge in [-0.3, -0.25) is 4.79 Å². The Morgan fingerprint density at radius 1 is 0.735 bits per heavy atom. The van der Waals surface area contributed by atoms with Crippen LogP contribution in [-0.4, -0.2) is 98.7 Å². The van der Waals surface area contributed by atoms with Crippen molar-refractivity contribution in [2.75, 3.05) is 13.2 Å². The van der Waals surface area contributed by atoms with Crippen molar-refractivity contribution in [2.24, 2.45) is 0 Å². The van der Waals surface area contributed by atoms with E-state index in [4.69, 9.17) is 9.47 Å². The van der Waals surface area contributed by atoms with Crippen LogP contribution in [0.25, 0.3) is 0 Å². The molecule has 1 fully saturated rings. The van der Waals surface area contributed by atoms with Crippen LogP contribution in [0.5, 0.6) is 0 Å². The molecular formula is C39H77NO9. The Hall–Kier alpha value is -5.69. The number of carbonyl (C=O) groups is 1. The van der Waals surface area contributed by atoms with E-state index in [1.807, 2.05) is 6.92 Å². The molecule has 10 heteroatoms. The van der Waals surface area contributed by atoms with Crippen LogP contribution in [0.1, 0.15) is 70.9 Å². The number of amides is 1. The second-order valence-corrected chi connectivity index (χ2v) is 9.54. The molecule has 292 valence electrons. The molecule has 5 unspecified atom stereocenters. The van der Waals surface area contributed by atoms with Gasteiger partial charge in [0.2, 0.25) is 0 Å². The molecule has 1 amide bonds. The molecule has 0 aromatic heterocycles. The van der Waals surface area contributed by atoms with Crippen LogP contribution in [0.3, 0.4) is 0 Å². The third kappa shape index (κ3) is 18.3. The molecule has 0 aliphatic carbocycles. The third-order valence-corrected chi connectivity index (χ3v) is 6.00. The summed E-state index contributed by atoms with van der Waals surface area (Å²) >= 11 is 0.